The SMILES string of the molecule is C[C@@H]1CN(c2ccc(C#N)c3ncccc23)C[C@@H]2Cc3cc(N4CC(N)CC4=O)ccc3CN21. The third kappa shape index (κ3) is 3.42. The van der Waals surface area contributed by atoms with Crippen LogP contribution in [-0.2, 0) is 17.8 Å². The van der Waals surface area contributed by atoms with Gasteiger partial charge in [0.15, 0.2) is 0 Å². The Morgan fingerprint density at radius 2 is 1.97 bits per heavy atom. The van der Waals surface area contributed by atoms with Gasteiger partial charge in [0.1, 0.15) is 6.07 Å². The molecule has 0 bridgehead atoms. The Hall–Kier alpha value is -3.47. The monoisotopic (exact) mass is 452 g/mol. The molecule has 3 atom stereocenters. The van der Waals surface area contributed by atoms with E-state index in [2.05, 4.69) is 58.1 Å². The summed E-state index contributed by atoms with van der Waals surface area (Å²) in [6.07, 6.45) is 3.12. The fourth-order valence-electron chi connectivity index (χ4n) is 5.96. The zero-order valence-electron chi connectivity index (χ0n) is 19.3. The van der Waals surface area contributed by atoms with Crippen molar-refractivity contribution in [2.75, 3.05) is 29.4 Å². The maximum atomic E-state index is 12.4. The van der Waals surface area contributed by atoms with Crippen LogP contribution in [0.5, 0.6) is 0 Å². The van der Waals surface area contributed by atoms with Gasteiger partial charge in [0.05, 0.1) is 11.1 Å². The summed E-state index contributed by atoms with van der Waals surface area (Å²) in [5.74, 6) is 0.114. The molecule has 2 saturated heterocycles. The molecular weight excluding hydrogens is 424 g/mol. The van der Waals surface area contributed by atoms with Gasteiger partial charge in [-0.15, -0.1) is 0 Å². The molecule has 3 aromatic rings. The van der Waals surface area contributed by atoms with Gasteiger partial charge in [-0.3, -0.25) is 14.7 Å². The van der Waals surface area contributed by atoms with E-state index in [0.717, 1.165) is 48.3 Å². The van der Waals surface area contributed by atoms with Gasteiger partial charge in [-0.1, -0.05) is 6.07 Å². The van der Waals surface area contributed by atoms with Crippen LogP contribution < -0.4 is 15.5 Å². The molecule has 2 fully saturated rings. The highest BCUT2D eigenvalue weighted by Gasteiger charge is 2.37. The molecule has 1 aromatic heterocycles. The molecule has 1 unspecified atom stereocenters. The highest BCUT2D eigenvalue weighted by Crippen LogP contribution is 2.35. The quantitative estimate of drug-likeness (QED) is 0.643. The Bertz CT molecular complexity index is 1330. The zero-order valence-corrected chi connectivity index (χ0v) is 19.3. The fourth-order valence-corrected chi connectivity index (χ4v) is 5.96. The highest BCUT2D eigenvalue weighted by atomic mass is 16.2. The molecule has 4 heterocycles. The van der Waals surface area contributed by atoms with E-state index in [-0.39, 0.29) is 11.9 Å². The van der Waals surface area contributed by atoms with E-state index in [1.54, 1.807) is 6.20 Å². The predicted molar refractivity (Wildman–Crippen MR) is 133 cm³/mol. The number of benzene rings is 2. The van der Waals surface area contributed by atoms with Gasteiger partial charge in [0.25, 0.3) is 0 Å². The van der Waals surface area contributed by atoms with Gasteiger partial charge in [-0.05, 0) is 60.9 Å². The molecular formula is C27H28N6O. The highest BCUT2D eigenvalue weighted by molar-refractivity contribution is 5.96. The van der Waals surface area contributed by atoms with Crippen LogP contribution in [0.25, 0.3) is 10.9 Å². The lowest BCUT2D eigenvalue weighted by Gasteiger charge is -2.49. The van der Waals surface area contributed by atoms with Crippen molar-refractivity contribution in [3.63, 3.8) is 0 Å². The van der Waals surface area contributed by atoms with E-state index in [1.807, 2.05) is 17.0 Å². The Balaban J connectivity index is 1.30. The number of pyridine rings is 1. The normalized spacial score (nSPS) is 24.7. The van der Waals surface area contributed by atoms with Crippen LogP contribution >= 0.6 is 0 Å². The molecule has 3 aliphatic rings. The molecule has 6 rings (SSSR count). The Kier molecular flexibility index (Phi) is 5.01. The van der Waals surface area contributed by atoms with Crippen molar-refractivity contribution in [2.24, 2.45) is 5.73 Å². The van der Waals surface area contributed by atoms with Crippen LogP contribution in [0.4, 0.5) is 11.4 Å². The molecule has 0 radical (unpaired) electrons. The van der Waals surface area contributed by atoms with Gasteiger partial charge >= 0.3 is 0 Å². The minimum atomic E-state index is -0.0801. The number of hydrogen-bond acceptors (Lipinski definition) is 6. The summed E-state index contributed by atoms with van der Waals surface area (Å²) < 4.78 is 0. The van der Waals surface area contributed by atoms with E-state index in [0.29, 0.717) is 30.6 Å². The minimum Gasteiger partial charge on any atom is -0.368 e. The third-order valence-electron chi connectivity index (χ3n) is 7.62. The molecule has 7 nitrogen and oxygen atoms in total. The molecule has 34 heavy (non-hydrogen) atoms. The number of piperazine rings is 1. The van der Waals surface area contributed by atoms with Gasteiger partial charge in [0.2, 0.25) is 5.91 Å². The van der Waals surface area contributed by atoms with E-state index >= 15 is 0 Å². The first-order valence-corrected chi connectivity index (χ1v) is 12.0. The number of fused-ring (bicyclic) bond motifs is 3. The van der Waals surface area contributed by atoms with Crippen molar-refractivity contribution in [1.82, 2.24) is 9.88 Å². The number of hydrogen-bond donors (Lipinski definition) is 1. The largest absolute Gasteiger partial charge is 0.368 e. The lowest BCUT2D eigenvalue weighted by atomic mass is 9.89. The standard InChI is InChI=1S/C27H28N6O/c1-17-13-31(25-7-5-18(12-28)27-24(25)3-2-8-30-27)16-23-10-20-9-22(6-4-19(20)14-32(17)23)33-15-21(29)11-26(33)34/h2-9,17,21,23H,10-11,13-16,29H2,1H3/t17-,21?,23+/m1/s1. The topological polar surface area (TPSA) is 89.5 Å². The van der Waals surface area contributed by atoms with Crippen molar-refractivity contribution in [3.8, 4) is 6.07 Å². The number of aromatic nitrogens is 1. The number of amides is 1. The van der Waals surface area contributed by atoms with Crippen molar-refractivity contribution in [2.45, 2.75) is 44.4 Å². The van der Waals surface area contributed by atoms with Gasteiger partial charge in [-0.2, -0.15) is 5.26 Å². The van der Waals surface area contributed by atoms with E-state index in [1.165, 1.54) is 11.1 Å². The zero-order chi connectivity index (χ0) is 23.4. The fraction of sp³-hybridized carbons (Fsp3) is 0.370. The van der Waals surface area contributed by atoms with Crippen LogP contribution in [0.3, 0.4) is 0 Å². The number of nitriles is 1. The Morgan fingerprint density at radius 3 is 2.76 bits per heavy atom. The second kappa shape index (κ2) is 8.08. The minimum absolute atomic E-state index is 0.0801. The maximum Gasteiger partial charge on any atom is 0.228 e. The first-order valence-electron chi connectivity index (χ1n) is 12.0. The average Bonchev–Trinajstić information content (AvgIpc) is 3.19. The second-order valence-corrected chi connectivity index (χ2v) is 9.85. The van der Waals surface area contributed by atoms with Gasteiger partial charge in [0, 0.05) is 73.7 Å². The lowest BCUT2D eigenvalue weighted by molar-refractivity contribution is -0.117. The molecule has 7 heteroatoms. The number of carbonyl (C=O) groups is 1. The number of nitrogens with two attached hydrogens (primary N) is 1. The molecule has 1 amide bonds. The van der Waals surface area contributed by atoms with Crippen LogP contribution in [0.15, 0.2) is 48.7 Å². The first-order chi connectivity index (χ1) is 16.5. The second-order valence-electron chi connectivity index (χ2n) is 9.85. The van der Waals surface area contributed by atoms with Gasteiger partial charge in [-0.25, -0.2) is 0 Å². The van der Waals surface area contributed by atoms with E-state index in [4.69, 9.17) is 5.73 Å². The average molecular weight is 453 g/mol. The molecule has 3 aliphatic heterocycles. The number of carbonyl (C=O) groups excluding carboxylic acids is 1. The summed E-state index contributed by atoms with van der Waals surface area (Å²) in [4.78, 5) is 23.8. The van der Waals surface area contributed by atoms with Crippen LogP contribution in [-0.4, -0.2) is 53.6 Å². The summed E-state index contributed by atoms with van der Waals surface area (Å²) in [5, 5.41) is 10.5. The first kappa shape index (κ1) is 21.1. The number of anilines is 2. The smallest absolute Gasteiger partial charge is 0.228 e. The van der Waals surface area contributed by atoms with E-state index < -0.39 is 0 Å². The van der Waals surface area contributed by atoms with Crippen molar-refractivity contribution in [1.29, 1.82) is 5.26 Å². The number of rotatable bonds is 2. The summed E-state index contributed by atoms with van der Waals surface area (Å²) in [7, 11) is 0. The number of nitrogens with zero attached hydrogens (tertiary/aromatic N) is 5. The Morgan fingerprint density at radius 1 is 1.09 bits per heavy atom. The molecule has 2 aromatic carbocycles. The predicted octanol–water partition coefficient (Wildman–Crippen LogP) is 2.81. The summed E-state index contributed by atoms with van der Waals surface area (Å²) >= 11 is 0. The van der Waals surface area contributed by atoms with Crippen LogP contribution in [0.1, 0.15) is 30.0 Å². The Labute approximate surface area is 199 Å². The van der Waals surface area contributed by atoms with Gasteiger partial charge < -0.3 is 15.5 Å². The van der Waals surface area contributed by atoms with Crippen LogP contribution in [0.2, 0.25) is 0 Å². The molecule has 2 N–H and O–H groups in total. The van der Waals surface area contributed by atoms with Crippen molar-refractivity contribution >= 4 is 28.2 Å². The summed E-state index contributed by atoms with van der Waals surface area (Å²) in [5.41, 5.74) is 12.2. The molecule has 172 valence electrons. The van der Waals surface area contributed by atoms with Crippen molar-refractivity contribution in [3.05, 3.63) is 65.4 Å². The van der Waals surface area contributed by atoms with Crippen LogP contribution in [0, 0.1) is 11.3 Å². The van der Waals surface area contributed by atoms with E-state index in [9.17, 15) is 10.1 Å². The summed E-state index contributed by atoms with van der Waals surface area (Å²) in [6.45, 7) is 5.67. The van der Waals surface area contributed by atoms with Crippen molar-refractivity contribution < 1.29 is 4.79 Å². The maximum absolute atomic E-state index is 12.4. The third-order valence-corrected chi connectivity index (χ3v) is 7.62. The molecule has 0 saturated carbocycles. The lowest BCUT2D eigenvalue weighted by Crippen LogP contribution is -2.59. The molecule has 0 spiro atoms. The summed E-state index contributed by atoms with van der Waals surface area (Å²) in [6, 6.07) is 17.4. The molecule has 0 aliphatic carbocycles.